The van der Waals surface area contributed by atoms with E-state index in [-0.39, 0.29) is 0 Å². The van der Waals surface area contributed by atoms with E-state index in [0.717, 1.165) is 17.7 Å². The fourth-order valence-corrected chi connectivity index (χ4v) is 1.85. The predicted molar refractivity (Wildman–Crippen MR) is 71.4 cm³/mol. The lowest BCUT2D eigenvalue weighted by Crippen LogP contribution is -2.03. The Morgan fingerprint density at radius 1 is 1.00 bits per heavy atom. The highest BCUT2D eigenvalue weighted by atomic mass is 19.4. The van der Waals surface area contributed by atoms with Crippen molar-refractivity contribution in [1.29, 1.82) is 0 Å². The number of methoxy groups -OCH3 is 1. The van der Waals surface area contributed by atoms with Crippen LogP contribution in [0.2, 0.25) is 0 Å². The van der Waals surface area contributed by atoms with Crippen LogP contribution in [0.15, 0.2) is 42.5 Å². The number of hydrogen-bond donors (Lipinski definition) is 0. The molecule has 0 bridgehead atoms. The van der Waals surface area contributed by atoms with Crippen LogP contribution in [0.4, 0.5) is 13.2 Å². The number of alkyl halides is 3. The molecule has 102 valence electrons. The topological polar surface area (TPSA) is 9.23 Å². The molecule has 1 nitrogen and oxygen atoms in total. The van der Waals surface area contributed by atoms with Crippen molar-refractivity contribution < 1.29 is 17.9 Å². The first-order chi connectivity index (χ1) is 9.45. The second-order valence-corrected chi connectivity index (χ2v) is 4.13. The van der Waals surface area contributed by atoms with Crippen LogP contribution in [0.25, 0.3) is 11.1 Å². The van der Waals surface area contributed by atoms with Crippen molar-refractivity contribution in [2.24, 2.45) is 0 Å². The largest absolute Gasteiger partial charge is 0.495 e. The number of halogens is 3. The minimum absolute atomic E-state index is 0.558. The highest BCUT2D eigenvalue weighted by Crippen LogP contribution is 2.32. The van der Waals surface area contributed by atoms with E-state index >= 15 is 0 Å². The Balaban J connectivity index is 2.40. The number of rotatable bonds is 2. The fourth-order valence-electron chi connectivity index (χ4n) is 1.85. The van der Waals surface area contributed by atoms with Gasteiger partial charge in [-0.05, 0) is 35.4 Å². The maximum Gasteiger partial charge on any atom is 0.416 e. The van der Waals surface area contributed by atoms with Gasteiger partial charge in [0.25, 0.3) is 0 Å². The third kappa shape index (κ3) is 2.77. The molecule has 0 atom stereocenters. The Kier molecular flexibility index (Phi) is 3.71. The van der Waals surface area contributed by atoms with Crippen molar-refractivity contribution in [2.45, 2.75) is 6.18 Å². The zero-order valence-electron chi connectivity index (χ0n) is 10.7. The molecule has 2 aromatic rings. The van der Waals surface area contributed by atoms with E-state index in [0.29, 0.717) is 16.9 Å². The van der Waals surface area contributed by atoms with Crippen molar-refractivity contribution in [3.8, 4) is 29.2 Å². The van der Waals surface area contributed by atoms with Gasteiger partial charge in [-0.1, -0.05) is 24.1 Å². The Morgan fingerprint density at radius 3 is 2.10 bits per heavy atom. The smallest absolute Gasteiger partial charge is 0.416 e. The average molecular weight is 276 g/mol. The highest BCUT2D eigenvalue weighted by molar-refractivity contribution is 5.67. The van der Waals surface area contributed by atoms with Gasteiger partial charge >= 0.3 is 6.18 Å². The van der Waals surface area contributed by atoms with Gasteiger partial charge in [-0.2, -0.15) is 13.2 Å². The van der Waals surface area contributed by atoms with E-state index in [1.54, 1.807) is 18.2 Å². The first kappa shape index (κ1) is 14.0. The first-order valence-corrected chi connectivity index (χ1v) is 5.78. The highest BCUT2D eigenvalue weighted by Gasteiger charge is 2.29. The van der Waals surface area contributed by atoms with E-state index in [9.17, 15) is 13.2 Å². The number of hydrogen-bond acceptors (Lipinski definition) is 1. The van der Waals surface area contributed by atoms with Crippen molar-refractivity contribution in [3.05, 3.63) is 53.6 Å². The summed E-state index contributed by atoms with van der Waals surface area (Å²) in [5.41, 5.74) is 1.29. The Labute approximate surface area is 115 Å². The lowest BCUT2D eigenvalue weighted by Gasteiger charge is -2.09. The molecule has 0 aliphatic carbocycles. The van der Waals surface area contributed by atoms with Gasteiger partial charge in [-0.3, -0.25) is 0 Å². The van der Waals surface area contributed by atoms with Crippen LogP contribution >= 0.6 is 0 Å². The zero-order chi connectivity index (χ0) is 14.8. The van der Waals surface area contributed by atoms with E-state index in [4.69, 9.17) is 11.2 Å². The monoisotopic (exact) mass is 276 g/mol. The third-order valence-corrected chi connectivity index (χ3v) is 2.90. The Hall–Kier alpha value is -2.41. The van der Waals surface area contributed by atoms with Gasteiger partial charge in [0.1, 0.15) is 5.75 Å². The molecule has 0 spiro atoms. The summed E-state index contributed by atoms with van der Waals surface area (Å²) in [6.45, 7) is 0. The molecule has 0 amide bonds. The quantitative estimate of drug-likeness (QED) is 0.740. The molecule has 0 unspecified atom stereocenters. The molecule has 0 aliphatic rings. The van der Waals surface area contributed by atoms with Crippen LogP contribution in [-0.4, -0.2) is 7.11 Å². The molecule has 0 saturated heterocycles. The van der Waals surface area contributed by atoms with E-state index in [2.05, 4.69) is 5.92 Å². The van der Waals surface area contributed by atoms with Crippen molar-refractivity contribution >= 4 is 0 Å². The second-order valence-electron chi connectivity index (χ2n) is 4.13. The molecule has 20 heavy (non-hydrogen) atoms. The van der Waals surface area contributed by atoms with E-state index in [1.807, 2.05) is 0 Å². The van der Waals surface area contributed by atoms with Crippen LogP contribution in [0, 0.1) is 12.3 Å². The SMILES string of the molecule is C#Cc1cc(-c2ccc(C(F)(F)F)cc2)ccc1OC. The van der Waals surface area contributed by atoms with E-state index in [1.165, 1.54) is 19.2 Å². The third-order valence-electron chi connectivity index (χ3n) is 2.90. The van der Waals surface area contributed by atoms with Crippen LogP contribution < -0.4 is 4.74 Å². The van der Waals surface area contributed by atoms with Crippen LogP contribution in [0.5, 0.6) is 5.75 Å². The predicted octanol–water partition coefficient (Wildman–Crippen LogP) is 4.36. The van der Waals surface area contributed by atoms with Crippen molar-refractivity contribution in [3.63, 3.8) is 0 Å². The van der Waals surface area contributed by atoms with Gasteiger partial charge in [-0.25, -0.2) is 0 Å². The summed E-state index contributed by atoms with van der Waals surface area (Å²) in [7, 11) is 1.51. The van der Waals surface area contributed by atoms with Gasteiger partial charge in [0, 0.05) is 0 Å². The van der Waals surface area contributed by atoms with Gasteiger partial charge in [-0.15, -0.1) is 6.42 Å². The van der Waals surface area contributed by atoms with Gasteiger partial charge < -0.3 is 4.74 Å². The van der Waals surface area contributed by atoms with Crippen LogP contribution in [0.3, 0.4) is 0 Å². The molecule has 2 rings (SSSR count). The standard InChI is InChI=1S/C16H11F3O/c1-3-11-10-13(6-9-15(11)20-2)12-4-7-14(8-5-12)16(17,18)19/h1,4-10H,2H3. The maximum atomic E-state index is 12.5. The number of terminal acetylenes is 1. The molecule has 0 saturated carbocycles. The van der Waals surface area contributed by atoms with Crippen molar-refractivity contribution in [1.82, 2.24) is 0 Å². The molecule has 0 aliphatic heterocycles. The number of ether oxygens (including phenoxy) is 1. The Morgan fingerprint density at radius 2 is 1.60 bits per heavy atom. The molecule has 2 aromatic carbocycles. The van der Waals surface area contributed by atoms with E-state index < -0.39 is 11.7 Å². The normalized spacial score (nSPS) is 10.9. The molecule has 0 fully saturated rings. The molecular weight excluding hydrogens is 265 g/mol. The summed E-state index contributed by atoms with van der Waals surface area (Å²) in [5.74, 6) is 3.05. The van der Waals surface area contributed by atoms with Gasteiger partial charge in [0.05, 0.1) is 18.2 Å². The maximum absolute atomic E-state index is 12.5. The summed E-state index contributed by atoms with van der Waals surface area (Å²) in [6.07, 6.45) is 1.04. The van der Waals surface area contributed by atoms with Crippen LogP contribution in [-0.2, 0) is 6.18 Å². The summed E-state index contributed by atoms with van der Waals surface area (Å²) >= 11 is 0. The molecule has 0 aromatic heterocycles. The van der Waals surface area contributed by atoms with Crippen molar-refractivity contribution in [2.75, 3.05) is 7.11 Å². The summed E-state index contributed by atoms with van der Waals surface area (Å²) in [5, 5.41) is 0. The minimum Gasteiger partial charge on any atom is -0.495 e. The summed E-state index contributed by atoms with van der Waals surface area (Å²) in [6, 6.07) is 10.1. The molecular formula is C16H11F3O. The molecule has 0 N–H and O–H groups in total. The lowest BCUT2D eigenvalue weighted by molar-refractivity contribution is -0.137. The second kappa shape index (κ2) is 5.30. The van der Waals surface area contributed by atoms with Gasteiger partial charge in [0.15, 0.2) is 0 Å². The first-order valence-electron chi connectivity index (χ1n) is 5.78. The molecule has 0 radical (unpaired) electrons. The summed E-state index contributed by atoms with van der Waals surface area (Å²) in [4.78, 5) is 0. The minimum atomic E-state index is -4.33. The van der Waals surface area contributed by atoms with Crippen LogP contribution in [0.1, 0.15) is 11.1 Å². The fraction of sp³-hybridized carbons (Fsp3) is 0.125. The Bertz CT molecular complexity index is 649. The number of benzene rings is 2. The molecule has 0 heterocycles. The lowest BCUT2D eigenvalue weighted by atomic mass is 10.0. The zero-order valence-corrected chi connectivity index (χ0v) is 10.7. The summed E-state index contributed by atoms with van der Waals surface area (Å²) < 4.78 is 42.6. The van der Waals surface area contributed by atoms with Gasteiger partial charge in [0.2, 0.25) is 0 Å². The average Bonchev–Trinajstić information content (AvgIpc) is 2.45. The molecule has 4 heteroatoms.